The van der Waals surface area contributed by atoms with Crippen molar-refractivity contribution in [3.05, 3.63) is 18.2 Å². The molecule has 1 unspecified atom stereocenters. The Morgan fingerprint density at radius 1 is 1.06 bits per heavy atom. The van der Waals surface area contributed by atoms with E-state index in [1.165, 1.54) is 0 Å². The molecule has 0 saturated carbocycles. The molecule has 4 heteroatoms. The van der Waals surface area contributed by atoms with Crippen LogP contribution in [0.1, 0.15) is 19.8 Å². The molecule has 1 aromatic carbocycles. The maximum Gasteiger partial charge on any atom is 0.127 e. The zero-order valence-corrected chi connectivity index (χ0v) is 11.7. The van der Waals surface area contributed by atoms with Crippen molar-refractivity contribution in [3.8, 4) is 17.2 Å². The molecule has 0 bridgehead atoms. The highest BCUT2D eigenvalue weighted by atomic mass is 16.5. The number of benzene rings is 1. The van der Waals surface area contributed by atoms with Gasteiger partial charge < -0.3 is 19.5 Å². The smallest absolute Gasteiger partial charge is 0.127 e. The maximum absolute atomic E-state index is 5.96. The second kappa shape index (κ2) is 7.82. The van der Waals surface area contributed by atoms with E-state index in [9.17, 15) is 0 Å². The zero-order valence-electron chi connectivity index (χ0n) is 11.7. The predicted octanol–water partition coefficient (Wildman–Crippen LogP) is 2.47. The van der Waals surface area contributed by atoms with Crippen LogP contribution in [-0.2, 0) is 0 Å². The van der Waals surface area contributed by atoms with E-state index in [0.29, 0.717) is 0 Å². The predicted molar refractivity (Wildman–Crippen MR) is 72.8 cm³/mol. The number of rotatable bonds is 8. The number of hydrogen-bond acceptors (Lipinski definition) is 4. The number of likely N-dealkylation sites (N-methyl/N-ethyl adjacent to an activating group) is 1. The van der Waals surface area contributed by atoms with Crippen molar-refractivity contribution in [3.63, 3.8) is 0 Å². The van der Waals surface area contributed by atoms with E-state index in [1.807, 2.05) is 25.2 Å². The SMILES string of the molecule is CCCC(CNC)Oc1cc(OC)cc(OC)c1. The molecule has 4 nitrogen and oxygen atoms in total. The lowest BCUT2D eigenvalue weighted by molar-refractivity contribution is 0.188. The molecule has 1 atom stereocenters. The first-order chi connectivity index (χ1) is 8.73. The molecule has 0 fully saturated rings. The van der Waals surface area contributed by atoms with E-state index in [2.05, 4.69) is 12.2 Å². The molecule has 0 aliphatic rings. The van der Waals surface area contributed by atoms with Gasteiger partial charge in [0.15, 0.2) is 0 Å². The van der Waals surface area contributed by atoms with E-state index in [4.69, 9.17) is 14.2 Å². The Kier molecular flexibility index (Phi) is 6.36. The highest BCUT2D eigenvalue weighted by Gasteiger charge is 2.10. The van der Waals surface area contributed by atoms with Crippen LogP contribution in [0.2, 0.25) is 0 Å². The Balaban J connectivity index is 2.80. The topological polar surface area (TPSA) is 39.7 Å². The highest BCUT2D eigenvalue weighted by molar-refractivity contribution is 5.42. The van der Waals surface area contributed by atoms with Crippen molar-refractivity contribution >= 4 is 0 Å². The Morgan fingerprint density at radius 2 is 1.61 bits per heavy atom. The van der Waals surface area contributed by atoms with Gasteiger partial charge in [0, 0.05) is 24.7 Å². The van der Waals surface area contributed by atoms with Gasteiger partial charge in [-0.05, 0) is 13.5 Å². The maximum atomic E-state index is 5.96. The van der Waals surface area contributed by atoms with Gasteiger partial charge >= 0.3 is 0 Å². The van der Waals surface area contributed by atoms with Crippen LogP contribution < -0.4 is 19.5 Å². The molecule has 0 amide bonds. The van der Waals surface area contributed by atoms with Crippen LogP contribution >= 0.6 is 0 Å². The van der Waals surface area contributed by atoms with E-state index in [0.717, 1.165) is 36.6 Å². The van der Waals surface area contributed by atoms with Crippen LogP contribution in [-0.4, -0.2) is 33.9 Å². The molecule has 18 heavy (non-hydrogen) atoms. The summed E-state index contributed by atoms with van der Waals surface area (Å²) in [5.41, 5.74) is 0. The molecule has 0 heterocycles. The molecule has 1 rings (SSSR count). The standard InChI is InChI=1S/C14H23NO3/c1-5-6-11(10-15-2)18-14-8-12(16-3)7-13(9-14)17-4/h7-9,11,15H,5-6,10H2,1-4H3. The van der Waals surface area contributed by atoms with Gasteiger partial charge in [-0.3, -0.25) is 0 Å². The van der Waals surface area contributed by atoms with Crippen molar-refractivity contribution in [2.45, 2.75) is 25.9 Å². The molecule has 1 aromatic rings. The summed E-state index contributed by atoms with van der Waals surface area (Å²) in [4.78, 5) is 0. The van der Waals surface area contributed by atoms with Gasteiger partial charge in [0.1, 0.15) is 23.4 Å². The molecule has 0 saturated heterocycles. The zero-order chi connectivity index (χ0) is 13.4. The molecule has 0 aliphatic carbocycles. The quantitative estimate of drug-likeness (QED) is 0.772. The van der Waals surface area contributed by atoms with Gasteiger partial charge in [-0.25, -0.2) is 0 Å². The van der Waals surface area contributed by atoms with Gasteiger partial charge in [0.05, 0.1) is 14.2 Å². The number of methoxy groups -OCH3 is 2. The third kappa shape index (κ3) is 4.45. The summed E-state index contributed by atoms with van der Waals surface area (Å²) in [6.07, 6.45) is 2.27. The third-order valence-electron chi connectivity index (χ3n) is 2.67. The van der Waals surface area contributed by atoms with Crippen molar-refractivity contribution in [1.82, 2.24) is 5.32 Å². The molecular formula is C14H23NO3. The number of ether oxygens (including phenoxy) is 3. The van der Waals surface area contributed by atoms with Gasteiger partial charge in [0.2, 0.25) is 0 Å². The molecule has 0 aliphatic heterocycles. The van der Waals surface area contributed by atoms with Crippen LogP contribution in [0.3, 0.4) is 0 Å². The van der Waals surface area contributed by atoms with Crippen LogP contribution in [0.15, 0.2) is 18.2 Å². The van der Waals surface area contributed by atoms with Gasteiger partial charge in [0.25, 0.3) is 0 Å². The second-order valence-electron chi connectivity index (χ2n) is 4.13. The van der Waals surface area contributed by atoms with Gasteiger partial charge in [-0.15, -0.1) is 0 Å². The summed E-state index contributed by atoms with van der Waals surface area (Å²) in [6.45, 7) is 2.98. The largest absolute Gasteiger partial charge is 0.496 e. The molecule has 0 spiro atoms. The lowest BCUT2D eigenvalue weighted by Crippen LogP contribution is -2.29. The fraction of sp³-hybridized carbons (Fsp3) is 0.571. The summed E-state index contributed by atoms with van der Waals surface area (Å²) in [7, 11) is 5.20. The molecular weight excluding hydrogens is 230 g/mol. The van der Waals surface area contributed by atoms with Crippen LogP contribution in [0, 0.1) is 0 Å². The molecule has 0 radical (unpaired) electrons. The summed E-state index contributed by atoms with van der Waals surface area (Å²) in [6, 6.07) is 5.58. The highest BCUT2D eigenvalue weighted by Crippen LogP contribution is 2.28. The fourth-order valence-electron chi connectivity index (χ4n) is 1.79. The Bertz CT molecular complexity index is 327. The first kappa shape index (κ1) is 14.6. The third-order valence-corrected chi connectivity index (χ3v) is 2.67. The first-order valence-corrected chi connectivity index (χ1v) is 6.27. The number of hydrogen-bond donors (Lipinski definition) is 1. The monoisotopic (exact) mass is 253 g/mol. The number of nitrogens with one attached hydrogen (secondary N) is 1. The summed E-state index contributed by atoms with van der Waals surface area (Å²) in [5, 5.41) is 3.14. The van der Waals surface area contributed by atoms with Gasteiger partial charge in [-0.2, -0.15) is 0 Å². The Hall–Kier alpha value is -1.42. The average molecular weight is 253 g/mol. The normalized spacial score (nSPS) is 12.0. The second-order valence-corrected chi connectivity index (χ2v) is 4.13. The fourth-order valence-corrected chi connectivity index (χ4v) is 1.79. The summed E-state index contributed by atoms with van der Waals surface area (Å²) in [5.74, 6) is 2.26. The Labute approximate surface area is 109 Å². The van der Waals surface area contributed by atoms with E-state index >= 15 is 0 Å². The van der Waals surface area contributed by atoms with Crippen LogP contribution in [0.25, 0.3) is 0 Å². The lowest BCUT2D eigenvalue weighted by Gasteiger charge is -2.19. The van der Waals surface area contributed by atoms with E-state index < -0.39 is 0 Å². The first-order valence-electron chi connectivity index (χ1n) is 6.27. The molecule has 0 aromatic heterocycles. The van der Waals surface area contributed by atoms with Crippen molar-refractivity contribution in [2.75, 3.05) is 27.8 Å². The minimum atomic E-state index is 0.164. The van der Waals surface area contributed by atoms with Crippen molar-refractivity contribution in [2.24, 2.45) is 0 Å². The average Bonchev–Trinajstić information content (AvgIpc) is 2.38. The summed E-state index contributed by atoms with van der Waals surface area (Å²) >= 11 is 0. The minimum absolute atomic E-state index is 0.164. The van der Waals surface area contributed by atoms with E-state index in [1.54, 1.807) is 14.2 Å². The van der Waals surface area contributed by atoms with Gasteiger partial charge in [-0.1, -0.05) is 13.3 Å². The molecule has 102 valence electrons. The van der Waals surface area contributed by atoms with Crippen LogP contribution in [0.5, 0.6) is 17.2 Å². The summed E-state index contributed by atoms with van der Waals surface area (Å²) < 4.78 is 16.4. The van der Waals surface area contributed by atoms with Crippen molar-refractivity contribution < 1.29 is 14.2 Å². The minimum Gasteiger partial charge on any atom is -0.496 e. The van der Waals surface area contributed by atoms with E-state index in [-0.39, 0.29) is 6.10 Å². The van der Waals surface area contributed by atoms with Crippen LogP contribution in [0.4, 0.5) is 0 Å². The Morgan fingerprint density at radius 3 is 2.06 bits per heavy atom. The molecule has 1 N–H and O–H groups in total. The van der Waals surface area contributed by atoms with Crippen molar-refractivity contribution in [1.29, 1.82) is 0 Å². The lowest BCUT2D eigenvalue weighted by atomic mass is 10.2.